The van der Waals surface area contributed by atoms with Crippen LogP contribution >= 0.6 is 0 Å². The Morgan fingerprint density at radius 1 is 1.13 bits per heavy atom. The number of nitro groups is 2. The van der Waals surface area contributed by atoms with E-state index in [1.165, 1.54) is 29.2 Å². The summed E-state index contributed by atoms with van der Waals surface area (Å²) in [5.74, 6) is -0.234. The van der Waals surface area contributed by atoms with Gasteiger partial charge in [0.15, 0.2) is 0 Å². The fourth-order valence-electron chi connectivity index (χ4n) is 2.74. The van der Waals surface area contributed by atoms with Crippen LogP contribution in [0.25, 0.3) is 16.9 Å². The van der Waals surface area contributed by atoms with Crippen LogP contribution in [0.5, 0.6) is 0 Å². The van der Waals surface area contributed by atoms with Crippen LogP contribution in [-0.4, -0.2) is 31.8 Å². The second kappa shape index (κ2) is 8.18. The number of nitrogens with two attached hydrogens (primary N) is 2. The molecule has 12 heteroatoms. The summed E-state index contributed by atoms with van der Waals surface area (Å²) in [6.45, 7) is 1.91. The molecule has 152 valence electrons. The number of benzene rings is 2. The molecule has 3 rings (SSSR count). The van der Waals surface area contributed by atoms with Crippen LogP contribution in [0.1, 0.15) is 11.1 Å². The quantitative estimate of drug-likeness (QED) is 0.271. The van der Waals surface area contributed by atoms with Crippen LogP contribution in [0.4, 0.5) is 11.4 Å². The van der Waals surface area contributed by atoms with Gasteiger partial charge >= 0.3 is 5.69 Å². The average Bonchev–Trinajstić information content (AvgIpc) is 3.11. The molecule has 2 aromatic carbocycles. The van der Waals surface area contributed by atoms with Crippen molar-refractivity contribution in [2.45, 2.75) is 6.92 Å². The first-order chi connectivity index (χ1) is 14.3. The Labute approximate surface area is 169 Å². The van der Waals surface area contributed by atoms with E-state index in [1.807, 2.05) is 31.2 Å². The summed E-state index contributed by atoms with van der Waals surface area (Å²) in [7, 11) is 0. The zero-order valence-corrected chi connectivity index (χ0v) is 15.7. The smallest absolute Gasteiger partial charge is 0.301 e. The van der Waals surface area contributed by atoms with Gasteiger partial charge in [-0.25, -0.2) is 4.68 Å². The van der Waals surface area contributed by atoms with E-state index in [0.29, 0.717) is 11.3 Å². The fourth-order valence-corrected chi connectivity index (χ4v) is 2.74. The summed E-state index contributed by atoms with van der Waals surface area (Å²) in [6, 6.07) is 10.8. The molecule has 1 heterocycles. The van der Waals surface area contributed by atoms with Crippen molar-refractivity contribution in [2.75, 3.05) is 0 Å². The molecule has 0 fully saturated rings. The molecule has 12 nitrogen and oxygen atoms in total. The van der Waals surface area contributed by atoms with Crippen molar-refractivity contribution >= 4 is 23.5 Å². The molecule has 0 aliphatic rings. The molecule has 3 aromatic rings. The maximum absolute atomic E-state index is 11.5. The number of nitrogens with zero attached hydrogens (tertiary/aromatic N) is 6. The topological polar surface area (TPSA) is 181 Å². The largest absolute Gasteiger partial charge is 0.369 e. The minimum Gasteiger partial charge on any atom is -0.369 e. The molecule has 1 aromatic heterocycles. The third kappa shape index (κ3) is 4.27. The molecular formula is C18H16N8O4. The van der Waals surface area contributed by atoms with E-state index >= 15 is 0 Å². The van der Waals surface area contributed by atoms with Crippen molar-refractivity contribution < 1.29 is 9.85 Å². The van der Waals surface area contributed by atoms with Gasteiger partial charge in [0.1, 0.15) is 11.4 Å². The molecule has 0 radical (unpaired) electrons. The maximum atomic E-state index is 11.5. The SMILES string of the molecule is Cc1cccc(-c2nn(-c3ccc([N+](=O)[O-])cc3[N+](=O)[O-])cc2/C=N/N=C(N)N)c1. The average molecular weight is 408 g/mol. The Morgan fingerprint density at radius 2 is 1.90 bits per heavy atom. The molecule has 0 atom stereocenters. The van der Waals surface area contributed by atoms with Gasteiger partial charge in [-0.2, -0.15) is 10.2 Å². The monoisotopic (exact) mass is 408 g/mol. The molecule has 4 N–H and O–H groups in total. The van der Waals surface area contributed by atoms with Gasteiger partial charge in [0.05, 0.1) is 22.1 Å². The molecule has 0 saturated carbocycles. The number of guanidine groups is 1. The summed E-state index contributed by atoms with van der Waals surface area (Å²) >= 11 is 0. The zero-order valence-electron chi connectivity index (χ0n) is 15.7. The lowest BCUT2D eigenvalue weighted by Crippen LogP contribution is -2.21. The van der Waals surface area contributed by atoms with Crippen LogP contribution in [0, 0.1) is 27.2 Å². The third-order valence-electron chi connectivity index (χ3n) is 4.02. The predicted octanol–water partition coefficient (Wildman–Crippen LogP) is 2.27. The van der Waals surface area contributed by atoms with Crippen LogP contribution in [0.2, 0.25) is 0 Å². The molecule has 0 amide bonds. The molecule has 0 saturated heterocycles. The summed E-state index contributed by atoms with van der Waals surface area (Å²) in [6.07, 6.45) is 2.86. The Kier molecular flexibility index (Phi) is 5.49. The summed E-state index contributed by atoms with van der Waals surface area (Å²) in [4.78, 5) is 21.1. The number of aryl methyl sites for hydroxylation is 1. The summed E-state index contributed by atoms with van der Waals surface area (Å²) in [5.41, 5.74) is 12.4. The highest BCUT2D eigenvalue weighted by molar-refractivity contribution is 5.89. The van der Waals surface area contributed by atoms with Gasteiger partial charge in [0.25, 0.3) is 5.69 Å². The predicted molar refractivity (Wildman–Crippen MR) is 110 cm³/mol. The molecule has 0 aliphatic heterocycles. The Hall–Kier alpha value is -4.61. The highest BCUT2D eigenvalue weighted by atomic mass is 16.6. The summed E-state index contributed by atoms with van der Waals surface area (Å²) < 4.78 is 1.26. The first kappa shape index (κ1) is 20.1. The van der Waals surface area contributed by atoms with E-state index in [1.54, 1.807) is 0 Å². The lowest BCUT2D eigenvalue weighted by Gasteiger charge is -2.03. The standard InChI is InChI=1S/C18H16N8O4/c1-11-3-2-4-12(7-11)17-13(9-21-22-18(19)20)10-24(23-17)15-6-5-14(25(27)28)8-16(15)26(29)30/h2-10H,1H3,(H4,19,20,22)/b21-9+. The van der Waals surface area contributed by atoms with Crippen LogP contribution in [-0.2, 0) is 0 Å². The van der Waals surface area contributed by atoms with Gasteiger partial charge in [-0.1, -0.05) is 23.8 Å². The molecular weight excluding hydrogens is 392 g/mol. The molecule has 0 aliphatic carbocycles. The van der Waals surface area contributed by atoms with E-state index in [2.05, 4.69) is 15.3 Å². The van der Waals surface area contributed by atoms with Crippen LogP contribution in [0.3, 0.4) is 0 Å². The van der Waals surface area contributed by atoms with Gasteiger partial charge in [0.2, 0.25) is 5.96 Å². The number of hydrogen-bond donors (Lipinski definition) is 2. The highest BCUT2D eigenvalue weighted by Crippen LogP contribution is 2.30. The molecule has 0 unspecified atom stereocenters. The minimum atomic E-state index is -0.705. The summed E-state index contributed by atoms with van der Waals surface area (Å²) in [5, 5.41) is 34.3. The lowest BCUT2D eigenvalue weighted by molar-refractivity contribution is -0.394. The first-order valence-electron chi connectivity index (χ1n) is 8.48. The van der Waals surface area contributed by atoms with E-state index in [-0.39, 0.29) is 11.6 Å². The normalized spacial score (nSPS) is 10.8. The van der Waals surface area contributed by atoms with Crippen molar-refractivity contribution in [1.82, 2.24) is 9.78 Å². The molecule has 0 spiro atoms. The number of non-ortho nitro benzene ring substituents is 1. The first-order valence-corrected chi connectivity index (χ1v) is 8.48. The highest BCUT2D eigenvalue weighted by Gasteiger charge is 2.22. The Morgan fingerprint density at radius 3 is 2.53 bits per heavy atom. The molecule has 30 heavy (non-hydrogen) atoms. The Bertz CT molecular complexity index is 1190. The lowest BCUT2D eigenvalue weighted by atomic mass is 10.1. The maximum Gasteiger partial charge on any atom is 0.301 e. The van der Waals surface area contributed by atoms with Crippen LogP contribution in [0.15, 0.2) is 58.9 Å². The van der Waals surface area contributed by atoms with Crippen molar-refractivity contribution in [3.63, 3.8) is 0 Å². The number of rotatable bonds is 6. The third-order valence-corrected chi connectivity index (χ3v) is 4.02. The molecule has 0 bridgehead atoms. The van der Waals surface area contributed by atoms with E-state index in [4.69, 9.17) is 11.5 Å². The van der Waals surface area contributed by atoms with Gasteiger partial charge in [-0.05, 0) is 19.1 Å². The number of hydrogen-bond acceptors (Lipinski definition) is 7. The Balaban J connectivity index is 2.19. The van der Waals surface area contributed by atoms with E-state index in [0.717, 1.165) is 17.2 Å². The zero-order chi connectivity index (χ0) is 21.8. The number of aromatic nitrogens is 2. The van der Waals surface area contributed by atoms with E-state index in [9.17, 15) is 20.2 Å². The minimum absolute atomic E-state index is 0.0565. The van der Waals surface area contributed by atoms with E-state index < -0.39 is 21.2 Å². The van der Waals surface area contributed by atoms with Crippen molar-refractivity contribution in [3.8, 4) is 16.9 Å². The van der Waals surface area contributed by atoms with Gasteiger partial charge in [-0.3, -0.25) is 20.2 Å². The van der Waals surface area contributed by atoms with Crippen molar-refractivity contribution in [2.24, 2.45) is 21.7 Å². The van der Waals surface area contributed by atoms with Crippen molar-refractivity contribution in [1.29, 1.82) is 0 Å². The van der Waals surface area contributed by atoms with Crippen molar-refractivity contribution in [3.05, 3.63) is 80.0 Å². The fraction of sp³-hybridized carbons (Fsp3) is 0.0556. The van der Waals surface area contributed by atoms with Gasteiger partial charge in [-0.15, -0.1) is 5.10 Å². The second-order valence-electron chi connectivity index (χ2n) is 6.20. The van der Waals surface area contributed by atoms with Gasteiger partial charge < -0.3 is 11.5 Å². The number of nitro benzene ring substituents is 2. The van der Waals surface area contributed by atoms with Crippen LogP contribution < -0.4 is 11.5 Å². The van der Waals surface area contributed by atoms with Gasteiger partial charge in [0, 0.05) is 23.4 Å². The second-order valence-corrected chi connectivity index (χ2v) is 6.20.